The summed E-state index contributed by atoms with van der Waals surface area (Å²) in [4.78, 5) is 15.8. The van der Waals surface area contributed by atoms with Crippen LogP contribution in [0.3, 0.4) is 0 Å². The van der Waals surface area contributed by atoms with E-state index in [1.165, 1.54) is 11.1 Å². The first-order chi connectivity index (χ1) is 10.0. The van der Waals surface area contributed by atoms with Crippen LogP contribution in [0.25, 0.3) is 0 Å². The highest BCUT2D eigenvalue weighted by molar-refractivity contribution is 5.74. The Hall–Kier alpha value is -2.30. The molecule has 0 radical (unpaired) electrons. The van der Waals surface area contributed by atoms with E-state index in [4.69, 9.17) is 0 Å². The van der Waals surface area contributed by atoms with Crippen molar-refractivity contribution in [2.45, 2.75) is 33.4 Å². The van der Waals surface area contributed by atoms with E-state index in [0.717, 1.165) is 5.56 Å². The molecule has 0 aliphatic rings. The summed E-state index contributed by atoms with van der Waals surface area (Å²) >= 11 is 0. The van der Waals surface area contributed by atoms with Crippen molar-refractivity contribution >= 4 is 6.03 Å². The lowest BCUT2D eigenvalue weighted by atomic mass is 10.0. The largest absolute Gasteiger partial charge is 0.336 e. The lowest BCUT2D eigenvalue weighted by molar-refractivity contribution is 0.237. The minimum absolute atomic E-state index is 0.0168. The number of carbonyl (C=O) groups is 1. The third-order valence-electron chi connectivity index (χ3n) is 3.31. The fraction of sp³-hybridized carbons (Fsp3) is 0.375. The first-order valence-corrected chi connectivity index (χ1v) is 7.13. The molecular weight excluding hydrogens is 264 g/mol. The Kier molecular flexibility index (Phi) is 4.98. The van der Waals surface area contributed by atoms with Gasteiger partial charge in [-0.1, -0.05) is 29.3 Å². The number of carbonyl (C=O) groups excluding carboxylic acids is 1. The SMILES string of the molecule is Cc1cc(C)cc(C(C)NC(=O)NCCn2ccnc2)c1. The van der Waals surface area contributed by atoms with Crippen molar-refractivity contribution in [2.24, 2.45) is 0 Å². The summed E-state index contributed by atoms with van der Waals surface area (Å²) in [6, 6.07) is 6.16. The summed E-state index contributed by atoms with van der Waals surface area (Å²) in [6.45, 7) is 7.40. The summed E-state index contributed by atoms with van der Waals surface area (Å²) in [6.07, 6.45) is 5.33. The maximum Gasteiger partial charge on any atom is 0.315 e. The topological polar surface area (TPSA) is 59.0 Å². The molecule has 0 saturated carbocycles. The maximum absolute atomic E-state index is 11.9. The van der Waals surface area contributed by atoms with Crippen LogP contribution in [0.15, 0.2) is 36.9 Å². The number of nitrogens with zero attached hydrogens (tertiary/aromatic N) is 2. The smallest absolute Gasteiger partial charge is 0.315 e. The fourth-order valence-electron chi connectivity index (χ4n) is 2.31. The standard InChI is InChI=1S/C16H22N4O/c1-12-8-13(2)10-15(9-12)14(3)19-16(21)18-5-7-20-6-4-17-11-20/h4,6,8-11,14H,5,7H2,1-3H3,(H2,18,19,21). The van der Waals surface area contributed by atoms with Crippen molar-refractivity contribution in [3.8, 4) is 0 Å². The Balaban J connectivity index is 1.81. The lowest BCUT2D eigenvalue weighted by Crippen LogP contribution is -2.38. The van der Waals surface area contributed by atoms with Crippen LogP contribution in [0.5, 0.6) is 0 Å². The van der Waals surface area contributed by atoms with E-state index in [-0.39, 0.29) is 12.1 Å². The molecule has 1 atom stereocenters. The van der Waals surface area contributed by atoms with Crippen molar-refractivity contribution < 1.29 is 4.79 Å². The molecule has 2 aromatic rings. The number of hydrogen-bond acceptors (Lipinski definition) is 2. The average molecular weight is 286 g/mol. The summed E-state index contributed by atoms with van der Waals surface area (Å²) in [7, 11) is 0. The molecular formula is C16H22N4O. The molecule has 1 aromatic heterocycles. The molecule has 2 rings (SSSR count). The zero-order chi connectivity index (χ0) is 15.2. The van der Waals surface area contributed by atoms with E-state index in [2.05, 4.69) is 47.7 Å². The maximum atomic E-state index is 11.9. The third-order valence-corrected chi connectivity index (χ3v) is 3.31. The molecule has 0 fully saturated rings. The number of nitrogens with one attached hydrogen (secondary N) is 2. The highest BCUT2D eigenvalue weighted by atomic mass is 16.2. The molecule has 5 nitrogen and oxygen atoms in total. The molecule has 2 N–H and O–H groups in total. The zero-order valence-electron chi connectivity index (χ0n) is 12.8. The molecule has 5 heteroatoms. The summed E-state index contributed by atoms with van der Waals surface area (Å²) in [5.41, 5.74) is 3.54. The van der Waals surface area contributed by atoms with Crippen LogP contribution in [0.2, 0.25) is 0 Å². The first kappa shape index (κ1) is 15.1. The minimum atomic E-state index is -0.151. The highest BCUT2D eigenvalue weighted by Gasteiger charge is 2.09. The second kappa shape index (κ2) is 6.92. The van der Waals surface area contributed by atoms with Crippen LogP contribution < -0.4 is 10.6 Å². The van der Waals surface area contributed by atoms with Gasteiger partial charge in [-0.25, -0.2) is 9.78 Å². The zero-order valence-corrected chi connectivity index (χ0v) is 12.8. The fourth-order valence-corrected chi connectivity index (χ4v) is 2.31. The van der Waals surface area contributed by atoms with E-state index >= 15 is 0 Å². The predicted molar refractivity (Wildman–Crippen MR) is 83.1 cm³/mol. The Morgan fingerprint density at radius 3 is 2.62 bits per heavy atom. The Morgan fingerprint density at radius 2 is 2.00 bits per heavy atom. The Morgan fingerprint density at radius 1 is 1.29 bits per heavy atom. The van der Waals surface area contributed by atoms with E-state index in [1.807, 2.05) is 17.7 Å². The quantitative estimate of drug-likeness (QED) is 0.887. The van der Waals surface area contributed by atoms with E-state index in [9.17, 15) is 4.79 Å². The van der Waals surface area contributed by atoms with Gasteiger partial charge in [0.05, 0.1) is 12.4 Å². The molecule has 2 amide bonds. The molecule has 0 spiro atoms. The summed E-state index contributed by atoms with van der Waals surface area (Å²) < 4.78 is 1.92. The average Bonchev–Trinajstić information content (AvgIpc) is 2.90. The molecule has 0 aliphatic carbocycles. The van der Waals surface area contributed by atoms with Crippen molar-refractivity contribution in [3.05, 3.63) is 53.6 Å². The Labute approximate surface area is 125 Å². The first-order valence-electron chi connectivity index (χ1n) is 7.13. The van der Waals surface area contributed by atoms with Gasteiger partial charge in [-0.2, -0.15) is 0 Å². The Bertz CT molecular complexity index is 572. The number of amides is 2. The highest BCUT2D eigenvalue weighted by Crippen LogP contribution is 2.16. The second-order valence-corrected chi connectivity index (χ2v) is 5.34. The van der Waals surface area contributed by atoms with Gasteiger partial charge in [-0.3, -0.25) is 0 Å². The minimum Gasteiger partial charge on any atom is -0.336 e. The van der Waals surface area contributed by atoms with Gasteiger partial charge >= 0.3 is 6.03 Å². The number of rotatable bonds is 5. The molecule has 0 aliphatic heterocycles. The van der Waals surface area contributed by atoms with Crippen molar-refractivity contribution in [1.82, 2.24) is 20.2 Å². The monoisotopic (exact) mass is 286 g/mol. The van der Waals surface area contributed by atoms with E-state index in [1.54, 1.807) is 12.5 Å². The molecule has 1 heterocycles. The van der Waals surface area contributed by atoms with Crippen molar-refractivity contribution in [2.75, 3.05) is 6.54 Å². The van der Waals surface area contributed by atoms with Gasteiger partial charge in [0.15, 0.2) is 0 Å². The van der Waals surface area contributed by atoms with Crippen LogP contribution in [-0.4, -0.2) is 22.1 Å². The van der Waals surface area contributed by atoms with Crippen LogP contribution in [0.1, 0.15) is 29.7 Å². The number of imidazole rings is 1. The molecule has 112 valence electrons. The third kappa shape index (κ3) is 4.63. The predicted octanol–water partition coefficient (Wildman–Crippen LogP) is 2.56. The van der Waals surface area contributed by atoms with E-state index in [0.29, 0.717) is 13.1 Å². The van der Waals surface area contributed by atoms with Gasteiger partial charge in [0, 0.05) is 25.5 Å². The van der Waals surface area contributed by atoms with Gasteiger partial charge in [0.1, 0.15) is 0 Å². The molecule has 0 saturated heterocycles. The molecule has 21 heavy (non-hydrogen) atoms. The van der Waals surface area contributed by atoms with Gasteiger partial charge < -0.3 is 15.2 Å². The van der Waals surface area contributed by atoms with Crippen LogP contribution in [-0.2, 0) is 6.54 Å². The molecule has 1 unspecified atom stereocenters. The number of hydrogen-bond donors (Lipinski definition) is 2. The van der Waals surface area contributed by atoms with Gasteiger partial charge in [0.2, 0.25) is 0 Å². The van der Waals surface area contributed by atoms with Crippen molar-refractivity contribution in [1.29, 1.82) is 0 Å². The number of aromatic nitrogens is 2. The van der Waals surface area contributed by atoms with E-state index < -0.39 is 0 Å². The number of aryl methyl sites for hydroxylation is 2. The van der Waals surface area contributed by atoms with Crippen LogP contribution in [0, 0.1) is 13.8 Å². The number of urea groups is 1. The summed E-state index contributed by atoms with van der Waals surface area (Å²) in [5.74, 6) is 0. The normalized spacial score (nSPS) is 12.0. The number of benzene rings is 1. The van der Waals surface area contributed by atoms with Crippen LogP contribution in [0.4, 0.5) is 4.79 Å². The van der Waals surface area contributed by atoms with Gasteiger partial charge in [-0.05, 0) is 26.3 Å². The van der Waals surface area contributed by atoms with Crippen LogP contribution >= 0.6 is 0 Å². The molecule has 0 bridgehead atoms. The molecule has 1 aromatic carbocycles. The lowest BCUT2D eigenvalue weighted by Gasteiger charge is -2.16. The van der Waals surface area contributed by atoms with Gasteiger partial charge in [0.25, 0.3) is 0 Å². The second-order valence-electron chi connectivity index (χ2n) is 5.34. The summed E-state index contributed by atoms with van der Waals surface area (Å²) in [5, 5.41) is 5.81. The van der Waals surface area contributed by atoms with Gasteiger partial charge in [-0.15, -0.1) is 0 Å². The van der Waals surface area contributed by atoms with Crippen molar-refractivity contribution in [3.63, 3.8) is 0 Å².